The van der Waals surface area contributed by atoms with Gasteiger partial charge >= 0.3 is 0 Å². The average Bonchev–Trinajstić information content (AvgIpc) is 3.61. The molecule has 7 nitrogen and oxygen atoms in total. The summed E-state index contributed by atoms with van der Waals surface area (Å²) in [5.41, 5.74) is 2.45. The Morgan fingerprint density at radius 3 is 2.47 bits per heavy atom. The first-order chi connectivity index (χ1) is 15.7. The zero-order valence-corrected chi connectivity index (χ0v) is 18.5. The first-order valence-corrected chi connectivity index (χ1v) is 11.6. The molecule has 32 heavy (non-hydrogen) atoms. The van der Waals surface area contributed by atoms with E-state index >= 15 is 0 Å². The lowest BCUT2D eigenvalue weighted by Gasteiger charge is -2.20. The van der Waals surface area contributed by atoms with Crippen LogP contribution in [-0.4, -0.2) is 52.2 Å². The summed E-state index contributed by atoms with van der Waals surface area (Å²) in [5.74, 6) is 1.93. The molecule has 1 unspecified atom stereocenters. The van der Waals surface area contributed by atoms with Crippen molar-refractivity contribution in [3.63, 3.8) is 0 Å². The normalized spacial score (nSPS) is 17.2. The lowest BCUT2D eigenvalue weighted by atomic mass is 10.0. The van der Waals surface area contributed by atoms with Gasteiger partial charge in [-0.15, -0.1) is 10.2 Å². The summed E-state index contributed by atoms with van der Waals surface area (Å²) in [6.45, 7) is 5.63. The Kier molecular flexibility index (Phi) is 5.88. The first kappa shape index (κ1) is 20.7. The van der Waals surface area contributed by atoms with E-state index in [9.17, 15) is 4.79 Å². The number of carbonyl (C=O) groups is 1. The maximum absolute atomic E-state index is 13.1. The van der Waals surface area contributed by atoms with Gasteiger partial charge in [0.2, 0.25) is 5.89 Å². The molecule has 2 saturated heterocycles. The Bertz CT molecular complexity index is 1070. The summed E-state index contributed by atoms with van der Waals surface area (Å²) < 4.78 is 6.05. The van der Waals surface area contributed by atoms with Gasteiger partial charge in [-0.1, -0.05) is 37.3 Å². The molecule has 2 aromatic heterocycles. The van der Waals surface area contributed by atoms with Crippen LogP contribution in [0.15, 0.2) is 46.9 Å². The van der Waals surface area contributed by atoms with Gasteiger partial charge < -0.3 is 14.2 Å². The highest BCUT2D eigenvalue weighted by Gasteiger charge is 2.25. The number of benzene rings is 1. The lowest BCUT2D eigenvalue weighted by molar-refractivity contribution is 0.0793. The molecule has 0 bridgehead atoms. The third-order valence-corrected chi connectivity index (χ3v) is 6.35. The predicted molar refractivity (Wildman–Crippen MR) is 123 cm³/mol. The average molecular weight is 432 g/mol. The fraction of sp³-hybridized carbons (Fsp3) is 0.440. The standard InChI is InChI=1S/C25H29N5O2/c1-18(15-19-9-3-2-4-10-19)23-27-28-24(32-23)21-16-20(25(31)30-13-7-8-14-30)17-22(26-21)29-11-5-6-12-29/h2-4,9-10,16-18H,5-8,11-15H2,1H3. The zero-order valence-electron chi connectivity index (χ0n) is 18.5. The Balaban J connectivity index is 1.43. The molecule has 166 valence electrons. The van der Waals surface area contributed by atoms with Gasteiger partial charge in [-0.3, -0.25) is 4.79 Å². The lowest BCUT2D eigenvalue weighted by Crippen LogP contribution is -2.28. The van der Waals surface area contributed by atoms with E-state index in [4.69, 9.17) is 9.40 Å². The van der Waals surface area contributed by atoms with Gasteiger partial charge in [0.25, 0.3) is 11.8 Å². The minimum Gasteiger partial charge on any atom is -0.419 e. The van der Waals surface area contributed by atoms with Gasteiger partial charge in [-0.2, -0.15) is 0 Å². The molecule has 7 heteroatoms. The van der Waals surface area contributed by atoms with Gasteiger partial charge in [-0.05, 0) is 49.8 Å². The van der Waals surface area contributed by atoms with Crippen LogP contribution in [0.25, 0.3) is 11.6 Å². The van der Waals surface area contributed by atoms with Crippen molar-refractivity contribution in [1.29, 1.82) is 0 Å². The van der Waals surface area contributed by atoms with Gasteiger partial charge in [0.15, 0.2) is 0 Å². The molecule has 3 aromatic rings. The van der Waals surface area contributed by atoms with Crippen LogP contribution in [0.5, 0.6) is 0 Å². The molecule has 1 atom stereocenters. The summed E-state index contributed by atoms with van der Waals surface area (Å²) in [4.78, 5) is 22.1. The predicted octanol–water partition coefficient (Wildman–Crippen LogP) is 4.31. The summed E-state index contributed by atoms with van der Waals surface area (Å²) >= 11 is 0. The molecule has 4 heterocycles. The number of hydrogen-bond donors (Lipinski definition) is 0. The van der Waals surface area contributed by atoms with E-state index in [1.54, 1.807) is 6.07 Å². The van der Waals surface area contributed by atoms with Crippen molar-refractivity contribution in [3.05, 3.63) is 59.5 Å². The van der Waals surface area contributed by atoms with Crippen molar-refractivity contribution >= 4 is 11.7 Å². The number of pyridine rings is 1. The number of aromatic nitrogens is 3. The minimum atomic E-state index is 0.0591. The van der Waals surface area contributed by atoms with Gasteiger partial charge in [-0.25, -0.2) is 4.98 Å². The molecule has 0 spiro atoms. The number of rotatable bonds is 6. The van der Waals surface area contributed by atoms with E-state index in [-0.39, 0.29) is 11.8 Å². The van der Waals surface area contributed by atoms with Crippen molar-refractivity contribution in [2.24, 2.45) is 0 Å². The summed E-state index contributed by atoms with van der Waals surface area (Å²) in [6, 6.07) is 14.0. The summed E-state index contributed by atoms with van der Waals surface area (Å²) in [7, 11) is 0. The zero-order chi connectivity index (χ0) is 21.9. The molecular weight excluding hydrogens is 402 g/mol. The van der Waals surface area contributed by atoms with E-state index in [1.165, 1.54) is 5.56 Å². The molecule has 5 rings (SSSR count). The molecule has 2 aliphatic heterocycles. The van der Waals surface area contributed by atoms with Crippen molar-refractivity contribution in [1.82, 2.24) is 20.1 Å². The maximum atomic E-state index is 13.1. The number of nitrogens with zero attached hydrogens (tertiary/aromatic N) is 5. The van der Waals surface area contributed by atoms with Crippen LogP contribution in [0.1, 0.15) is 60.3 Å². The quantitative estimate of drug-likeness (QED) is 0.579. The monoisotopic (exact) mass is 431 g/mol. The van der Waals surface area contributed by atoms with Crippen LogP contribution in [0.2, 0.25) is 0 Å². The fourth-order valence-corrected chi connectivity index (χ4v) is 4.55. The Morgan fingerprint density at radius 1 is 1.00 bits per heavy atom. The fourth-order valence-electron chi connectivity index (χ4n) is 4.55. The largest absolute Gasteiger partial charge is 0.419 e. The second-order valence-corrected chi connectivity index (χ2v) is 8.83. The molecule has 1 amide bonds. The SMILES string of the molecule is CC(Cc1ccccc1)c1nnc(-c2cc(C(=O)N3CCCC3)cc(N3CCCC3)n2)o1. The molecule has 0 aliphatic carbocycles. The highest BCUT2D eigenvalue weighted by molar-refractivity contribution is 5.96. The topological polar surface area (TPSA) is 75.4 Å². The number of likely N-dealkylation sites (tertiary alicyclic amines) is 1. The summed E-state index contributed by atoms with van der Waals surface area (Å²) in [6.07, 6.45) is 5.23. The molecule has 1 aromatic carbocycles. The van der Waals surface area contributed by atoms with Crippen LogP contribution in [-0.2, 0) is 6.42 Å². The van der Waals surface area contributed by atoms with Crippen LogP contribution in [0.3, 0.4) is 0 Å². The number of anilines is 1. The first-order valence-electron chi connectivity index (χ1n) is 11.6. The molecular formula is C25H29N5O2. The molecule has 2 fully saturated rings. The summed E-state index contributed by atoms with van der Waals surface area (Å²) in [5, 5.41) is 8.59. The Labute approximate surface area is 188 Å². The Morgan fingerprint density at radius 2 is 1.72 bits per heavy atom. The molecule has 0 saturated carbocycles. The number of amides is 1. The molecule has 0 radical (unpaired) electrons. The number of carbonyl (C=O) groups excluding carboxylic acids is 1. The van der Waals surface area contributed by atoms with E-state index in [0.29, 0.717) is 23.0 Å². The third kappa shape index (κ3) is 4.38. The smallest absolute Gasteiger partial charge is 0.266 e. The van der Waals surface area contributed by atoms with E-state index < -0.39 is 0 Å². The van der Waals surface area contributed by atoms with Gasteiger partial charge in [0.05, 0.1) is 0 Å². The van der Waals surface area contributed by atoms with E-state index in [2.05, 4.69) is 34.2 Å². The van der Waals surface area contributed by atoms with E-state index in [1.807, 2.05) is 29.2 Å². The van der Waals surface area contributed by atoms with Crippen LogP contribution < -0.4 is 4.90 Å². The van der Waals surface area contributed by atoms with Gasteiger partial charge in [0.1, 0.15) is 11.5 Å². The van der Waals surface area contributed by atoms with Gasteiger partial charge in [0, 0.05) is 37.7 Å². The maximum Gasteiger partial charge on any atom is 0.266 e. The second kappa shape index (κ2) is 9.10. The van der Waals surface area contributed by atoms with Crippen molar-refractivity contribution < 1.29 is 9.21 Å². The number of hydrogen-bond acceptors (Lipinski definition) is 6. The third-order valence-electron chi connectivity index (χ3n) is 6.35. The van der Waals surface area contributed by atoms with Crippen LogP contribution in [0, 0.1) is 0 Å². The van der Waals surface area contributed by atoms with Crippen molar-refractivity contribution in [3.8, 4) is 11.6 Å². The highest BCUT2D eigenvalue weighted by Crippen LogP contribution is 2.28. The Hall–Kier alpha value is -3.22. The molecule has 2 aliphatic rings. The van der Waals surface area contributed by atoms with Crippen LogP contribution >= 0.6 is 0 Å². The molecule has 0 N–H and O–H groups in total. The van der Waals surface area contributed by atoms with Crippen molar-refractivity contribution in [2.45, 2.75) is 44.9 Å². The second-order valence-electron chi connectivity index (χ2n) is 8.83. The van der Waals surface area contributed by atoms with Crippen LogP contribution in [0.4, 0.5) is 5.82 Å². The van der Waals surface area contributed by atoms with Crippen molar-refractivity contribution in [2.75, 3.05) is 31.1 Å². The minimum absolute atomic E-state index is 0.0591. The highest BCUT2D eigenvalue weighted by atomic mass is 16.4. The van der Waals surface area contributed by atoms with E-state index in [0.717, 1.165) is 64.1 Å².